The second kappa shape index (κ2) is 10.6. The van der Waals surface area contributed by atoms with Crippen molar-refractivity contribution >= 4 is 5.78 Å². The van der Waals surface area contributed by atoms with Gasteiger partial charge in [0.1, 0.15) is 0 Å². The number of carbonyl (C=O) groups excluding carboxylic acids is 1. The summed E-state index contributed by atoms with van der Waals surface area (Å²) >= 11 is 0. The highest BCUT2D eigenvalue weighted by molar-refractivity contribution is 6.02. The van der Waals surface area contributed by atoms with Crippen LogP contribution < -0.4 is 0 Å². The highest BCUT2D eigenvalue weighted by Gasteiger charge is 2.02. The molecule has 0 rings (SSSR count). The molecule has 0 unspecified atom stereocenters. The summed E-state index contributed by atoms with van der Waals surface area (Å²) in [6.45, 7) is 3.89. The molecule has 0 amide bonds. The predicted octanol–water partition coefficient (Wildman–Crippen LogP) is 4.74. The lowest BCUT2D eigenvalue weighted by molar-refractivity contribution is -0.112. The average molecular weight is 226 g/mol. The van der Waals surface area contributed by atoms with Gasteiger partial charge in [0.25, 0.3) is 0 Å². The van der Waals surface area contributed by atoms with E-state index in [2.05, 4.69) is 6.92 Å². The molecular formula is C14H23FO. The Hall–Kier alpha value is -0.920. The Balaban J connectivity index is 3.55. The third-order valence-corrected chi connectivity index (χ3v) is 2.43. The molecule has 0 aliphatic rings. The van der Waals surface area contributed by atoms with Gasteiger partial charge in [-0.15, -0.1) is 0 Å². The average Bonchev–Trinajstić information content (AvgIpc) is 2.28. The molecule has 0 fully saturated rings. The molecule has 0 saturated carbocycles. The van der Waals surface area contributed by atoms with Crippen molar-refractivity contribution in [3.8, 4) is 0 Å². The first-order chi connectivity index (χ1) is 7.72. The molecule has 1 nitrogen and oxygen atoms in total. The minimum Gasteiger partial charge on any atom is -0.287 e. The van der Waals surface area contributed by atoms with Crippen LogP contribution in [0.4, 0.5) is 4.39 Å². The molecule has 0 aliphatic carbocycles. The molecule has 0 bridgehead atoms. The van der Waals surface area contributed by atoms with Gasteiger partial charge in [0, 0.05) is 0 Å². The van der Waals surface area contributed by atoms with E-state index in [-0.39, 0.29) is 0 Å². The van der Waals surface area contributed by atoms with Crippen LogP contribution in [-0.4, -0.2) is 5.78 Å². The number of unbranched alkanes of at least 4 members (excludes halogenated alkanes) is 6. The molecule has 0 atom stereocenters. The Morgan fingerprint density at radius 2 is 1.75 bits per heavy atom. The molecular weight excluding hydrogens is 203 g/mol. The molecule has 0 N–H and O–H groups in total. The van der Waals surface area contributed by atoms with Gasteiger partial charge in [-0.1, -0.05) is 45.1 Å². The quantitative estimate of drug-likeness (QED) is 0.410. The molecule has 0 aromatic carbocycles. The molecule has 0 heterocycles. The minimum absolute atomic E-state index is 0.520. The van der Waals surface area contributed by atoms with Gasteiger partial charge in [-0.25, -0.2) is 4.39 Å². The number of hydrogen-bond donors (Lipinski definition) is 0. The molecule has 0 saturated heterocycles. The van der Waals surface area contributed by atoms with Gasteiger partial charge < -0.3 is 0 Å². The lowest BCUT2D eigenvalue weighted by Crippen LogP contribution is -1.92. The van der Waals surface area contributed by atoms with Crippen LogP contribution in [0.2, 0.25) is 0 Å². The Bertz CT molecular complexity index is 241. The Labute approximate surface area is 98.4 Å². The molecule has 0 aromatic rings. The van der Waals surface area contributed by atoms with E-state index in [9.17, 15) is 9.18 Å². The smallest absolute Gasteiger partial charge is 0.213 e. The van der Waals surface area contributed by atoms with Crippen molar-refractivity contribution in [3.05, 3.63) is 24.1 Å². The Morgan fingerprint density at radius 1 is 1.12 bits per heavy atom. The van der Waals surface area contributed by atoms with Crippen LogP contribution in [-0.2, 0) is 4.79 Å². The molecule has 16 heavy (non-hydrogen) atoms. The summed E-state index contributed by atoms with van der Waals surface area (Å²) in [5.74, 6) is -1.14. The third-order valence-electron chi connectivity index (χ3n) is 2.43. The first-order valence-electron chi connectivity index (χ1n) is 6.25. The van der Waals surface area contributed by atoms with Gasteiger partial charge in [0.05, 0.1) is 0 Å². The Morgan fingerprint density at radius 3 is 2.38 bits per heavy atom. The number of carbonyl (C=O) groups is 1. The number of rotatable bonds is 9. The van der Waals surface area contributed by atoms with E-state index >= 15 is 0 Å². The van der Waals surface area contributed by atoms with Gasteiger partial charge in [0.2, 0.25) is 5.78 Å². The summed E-state index contributed by atoms with van der Waals surface area (Å²) < 4.78 is 13.1. The normalized spacial score (nSPS) is 12.3. The largest absolute Gasteiger partial charge is 0.287 e. The molecule has 2 heteroatoms. The summed E-state index contributed by atoms with van der Waals surface area (Å²) in [6, 6.07) is 0. The van der Waals surface area contributed by atoms with Gasteiger partial charge in [0.15, 0.2) is 5.83 Å². The number of ketones is 1. The minimum atomic E-state index is -0.619. The highest BCUT2D eigenvalue weighted by atomic mass is 19.1. The van der Waals surface area contributed by atoms with Crippen LogP contribution in [0.3, 0.4) is 0 Å². The van der Waals surface area contributed by atoms with E-state index in [1.54, 1.807) is 13.0 Å². The number of hydrogen-bond acceptors (Lipinski definition) is 1. The summed E-state index contributed by atoms with van der Waals surface area (Å²) in [5.41, 5.74) is 0. The van der Waals surface area contributed by atoms with Gasteiger partial charge in [-0.05, 0) is 31.9 Å². The standard InChI is InChI=1S/C14H23FO/c1-3-5-6-7-8-9-10-12-13(15)14(16)11-4-2/h4,11-12H,3,5-10H2,1-2H3/b11-4+,13-12-. The molecule has 0 radical (unpaired) electrons. The summed E-state index contributed by atoms with van der Waals surface area (Å²) in [6.07, 6.45) is 12.0. The maximum atomic E-state index is 13.1. The number of allylic oxidation sites excluding steroid dienone is 4. The van der Waals surface area contributed by atoms with Crippen molar-refractivity contribution in [2.24, 2.45) is 0 Å². The van der Waals surface area contributed by atoms with Crippen molar-refractivity contribution in [2.45, 2.75) is 58.8 Å². The van der Waals surface area contributed by atoms with E-state index in [0.29, 0.717) is 6.42 Å². The SMILES string of the molecule is C/C=C/C(=O)/C(F)=C/CCCCCCCC. The van der Waals surface area contributed by atoms with Gasteiger partial charge in [-0.3, -0.25) is 4.79 Å². The lowest BCUT2D eigenvalue weighted by Gasteiger charge is -1.97. The second-order valence-electron chi connectivity index (χ2n) is 3.97. The second-order valence-corrected chi connectivity index (χ2v) is 3.97. The van der Waals surface area contributed by atoms with Crippen molar-refractivity contribution in [2.75, 3.05) is 0 Å². The first kappa shape index (κ1) is 15.1. The fourth-order valence-corrected chi connectivity index (χ4v) is 1.49. The van der Waals surface area contributed by atoms with Crippen LogP contribution in [0.5, 0.6) is 0 Å². The van der Waals surface area contributed by atoms with Crippen LogP contribution in [0, 0.1) is 0 Å². The van der Waals surface area contributed by atoms with Crippen molar-refractivity contribution in [1.82, 2.24) is 0 Å². The van der Waals surface area contributed by atoms with Crippen LogP contribution >= 0.6 is 0 Å². The highest BCUT2D eigenvalue weighted by Crippen LogP contribution is 2.09. The van der Waals surface area contributed by atoms with Gasteiger partial charge in [-0.2, -0.15) is 0 Å². The van der Waals surface area contributed by atoms with E-state index in [1.807, 2.05) is 0 Å². The van der Waals surface area contributed by atoms with E-state index < -0.39 is 11.6 Å². The lowest BCUT2D eigenvalue weighted by atomic mass is 10.1. The molecule has 92 valence electrons. The molecule has 0 aliphatic heterocycles. The van der Waals surface area contributed by atoms with Crippen molar-refractivity contribution < 1.29 is 9.18 Å². The third kappa shape index (κ3) is 8.39. The summed E-state index contributed by atoms with van der Waals surface area (Å²) in [7, 11) is 0. The molecule has 0 aromatic heterocycles. The zero-order valence-corrected chi connectivity index (χ0v) is 10.5. The summed E-state index contributed by atoms with van der Waals surface area (Å²) in [4.78, 5) is 11.0. The van der Waals surface area contributed by atoms with Crippen LogP contribution in [0.1, 0.15) is 58.8 Å². The zero-order valence-electron chi connectivity index (χ0n) is 10.5. The van der Waals surface area contributed by atoms with Crippen LogP contribution in [0.25, 0.3) is 0 Å². The van der Waals surface area contributed by atoms with E-state index in [1.165, 1.54) is 37.8 Å². The molecule has 0 spiro atoms. The van der Waals surface area contributed by atoms with Crippen molar-refractivity contribution in [3.63, 3.8) is 0 Å². The van der Waals surface area contributed by atoms with E-state index in [4.69, 9.17) is 0 Å². The zero-order chi connectivity index (χ0) is 12.2. The van der Waals surface area contributed by atoms with Crippen molar-refractivity contribution in [1.29, 1.82) is 0 Å². The maximum absolute atomic E-state index is 13.1. The van der Waals surface area contributed by atoms with Crippen LogP contribution in [0.15, 0.2) is 24.1 Å². The predicted molar refractivity (Wildman–Crippen MR) is 67.0 cm³/mol. The van der Waals surface area contributed by atoms with Gasteiger partial charge >= 0.3 is 0 Å². The summed E-state index contributed by atoms with van der Waals surface area (Å²) in [5, 5.41) is 0. The fraction of sp³-hybridized carbons (Fsp3) is 0.643. The number of halogens is 1. The van der Waals surface area contributed by atoms with E-state index in [0.717, 1.165) is 12.8 Å². The maximum Gasteiger partial charge on any atom is 0.213 e. The monoisotopic (exact) mass is 226 g/mol. The fourth-order valence-electron chi connectivity index (χ4n) is 1.49. The first-order valence-corrected chi connectivity index (χ1v) is 6.25. The topological polar surface area (TPSA) is 17.1 Å². The Kier molecular flexibility index (Phi) is 9.98.